The molecule has 0 radical (unpaired) electrons. The Kier molecular flexibility index (Phi) is 4.69. The molecule has 2 heterocycles. The van der Waals surface area contributed by atoms with Crippen LogP contribution in [-0.2, 0) is 9.53 Å². The minimum Gasteiger partial charge on any atom is -0.390 e. The van der Waals surface area contributed by atoms with Crippen LogP contribution in [0, 0.1) is 0 Å². The van der Waals surface area contributed by atoms with Crippen LogP contribution >= 0.6 is 0 Å². The van der Waals surface area contributed by atoms with Gasteiger partial charge in [-0.1, -0.05) is 0 Å². The molecule has 20 heavy (non-hydrogen) atoms. The Morgan fingerprint density at radius 3 is 2.85 bits per heavy atom. The first-order valence-corrected chi connectivity index (χ1v) is 6.75. The molecule has 4 atom stereocenters. The number of aliphatic hydroxyl groups is 2. The van der Waals surface area contributed by atoms with Gasteiger partial charge >= 0.3 is 0 Å². The largest absolute Gasteiger partial charge is 0.390 e. The molecule has 1 aliphatic heterocycles. The van der Waals surface area contributed by atoms with Gasteiger partial charge in [0, 0.05) is 11.9 Å². The molecule has 0 aromatic carbocycles. The van der Waals surface area contributed by atoms with Crippen molar-refractivity contribution in [2.75, 3.05) is 5.32 Å². The normalized spacial score (nSPS) is 25.2. The van der Waals surface area contributed by atoms with Crippen molar-refractivity contribution < 1.29 is 19.7 Å². The molecule has 3 N–H and O–H groups in total. The summed E-state index contributed by atoms with van der Waals surface area (Å²) in [6.45, 7) is 3.42. The van der Waals surface area contributed by atoms with Crippen LogP contribution in [-0.4, -0.2) is 39.4 Å². The molecule has 0 bridgehead atoms. The molecule has 0 aliphatic carbocycles. The van der Waals surface area contributed by atoms with Crippen LogP contribution in [0.4, 0.5) is 5.69 Å². The number of pyridine rings is 1. The van der Waals surface area contributed by atoms with Gasteiger partial charge < -0.3 is 20.3 Å². The molecule has 2 rings (SSSR count). The highest BCUT2D eigenvalue weighted by Gasteiger charge is 2.28. The topological polar surface area (TPSA) is 91.7 Å². The lowest BCUT2D eigenvalue weighted by molar-refractivity contribution is -0.126. The molecule has 0 spiro atoms. The number of aliphatic hydroxyl groups excluding tert-OH is 2. The molecule has 1 aliphatic rings. The van der Waals surface area contributed by atoms with Crippen LogP contribution in [0.2, 0.25) is 0 Å². The number of carbonyl (C=O) groups is 1. The molecule has 1 saturated heterocycles. The van der Waals surface area contributed by atoms with Crippen molar-refractivity contribution in [1.29, 1.82) is 0 Å². The fraction of sp³-hybridized carbons (Fsp3) is 0.571. The van der Waals surface area contributed by atoms with E-state index in [-0.39, 0.29) is 12.0 Å². The zero-order valence-electron chi connectivity index (χ0n) is 11.6. The van der Waals surface area contributed by atoms with Crippen LogP contribution in [0.1, 0.15) is 38.5 Å². The third kappa shape index (κ3) is 3.53. The lowest BCUT2D eigenvalue weighted by atomic mass is 10.1. The number of nitrogens with one attached hydrogen (secondary N) is 1. The second-order valence-corrected chi connectivity index (χ2v) is 5.16. The zero-order valence-corrected chi connectivity index (χ0v) is 11.6. The lowest BCUT2D eigenvalue weighted by Crippen LogP contribution is -2.27. The van der Waals surface area contributed by atoms with Crippen molar-refractivity contribution >= 4 is 11.6 Å². The number of aromatic nitrogens is 1. The summed E-state index contributed by atoms with van der Waals surface area (Å²) >= 11 is 0. The molecule has 6 nitrogen and oxygen atoms in total. The van der Waals surface area contributed by atoms with Crippen LogP contribution in [0.25, 0.3) is 0 Å². The van der Waals surface area contributed by atoms with Crippen LogP contribution in [0.15, 0.2) is 18.3 Å². The zero-order chi connectivity index (χ0) is 14.7. The molecule has 0 saturated carbocycles. The Labute approximate surface area is 117 Å². The fourth-order valence-electron chi connectivity index (χ4n) is 2.15. The summed E-state index contributed by atoms with van der Waals surface area (Å²) in [6.07, 6.45) is 0.747. The number of hydrogen-bond acceptors (Lipinski definition) is 5. The van der Waals surface area contributed by atoms with E-state index in [1.54, 1.807) is 12.1 Å². The first-order valence-electron chi connectivity index (χ1n) is 6.75. The maximum absolute atomic E-state index is 12.0. The number of carbonyl (C=O) groups excluding carboxylic acids is 1. The molecule has 1 fully saturated rings. The summed E-state index contributed by atoms with van der Waals surface area (Å²) in [5.41, 5.74) is 0.848. The standard InChI is InChI=1S/C14H20N2O4/c1-8-3-4-12(20-8)14(19)16-10-5-6-15-11(7-10)13(18)9(2)17/h5-9,12-13,17-18H,3-4H2,1-2H3,(H,15,16,19). The summed E-state index contributed by atoms with van der Waals surface area (Å²) in [4.78, 5) is 16.0. The van der Waals surface area contributed by atoms with E-state index in [4.69, 9.17) is 4.74 Å². The quantitative estimate of drug-likeness (QED) is 0.765. The van der Waals surface area contributed by atoms with Crippen molar-refractivity contribution in [1.82, 2.24) is 4.98 Å². The Balaban J connectivity index is 2.02. The van der Waals surface area contributed by atoms with E-state index in [1.165, 1.54) is 13.1 Å². The van der Waals surface area contributed by atoms with Crippen molar-refractivity contribution in [2.24, 2.45) is 0 Å². The lowest BCUT2D eigenvalue weighted by Gasteiger charge is -2.15. The summed E-state index contributed by atoms with van der Waals surface area (Å²) in [6, 6.07) is 3.18. The first kappa shape index (κ1) is 14.9. The third-order valence-electron chi connectivity index (χ3n) is 3.33. The number of rotatable bonds is 4. The molecule has 1 aromatic heterocycles. The Hall–Kier alpha value is -1.50. The molecule has 1 amide bonds. The molecular weight excluding hydrogens is 260 g/mol. The van der Waals surface area contributed by atoms with E-state index in [0.29, 0.717) is 17.8 Å². The summed E-state index contributed by atoms with van der Waals surface area (Å²) in [5, 5.41) is 21.8. The van der Waals surface area contributed by atoms with E-state index in [9.17, 15) is 15.0 Å². The van der Waals surface area contributed by atoms with Crippen molar-refractivity contribution in [2.45, 2.75) is 51.1 Å². The van der Waals surface area contributed by atoms with Gasteiger partial charge in [-0.3, -0.25) is 9.78 Å². The fourth-order valence-corrected chi connectivity index (χ4v) is 2.15. The van der Waals surface area contributed by atoms with E-state index in [2.05, 4.69) is 10.3 Å². The molecule has 4 unspecified atom stereocenters. The average molecular weight is 280 g/mol. The van der Waals surface area contributed by atoms with Crippen LogP contribution < -0.4 is 5.32 Å². The van der Waals surface area contributed by atoms with Gasteiger partial charge in [0.1, 0.15) is 12.2 Å². The first-order chi connectivity index (χ1) is 9.47. The third-order valence-corrected chi connectivity index (χ3v) is 3.33. The second-order valence-electron chi connectivity index (χ2n) is 5.16. The Morgan fingerprint density at radius 1 is 1.50 bits per heavy atom. The van der Waals surface area contributed by atoms with E-state index in [0.717, 1.165) is 6.42 Å². The SMILES string of the molecule is CC1CCC(C(=O)Nc2ccnc(C(O)C(C)O)c2)O1. The van der Waals surface area contributed by atoms with Gasteiger partial charge in [-0.05, 0) is 38.8 Å². The number of nitrogens with zero attached hydrogens (tertiary/aromatic N) is 1. The van der Waals surface area contributed by atoms with Gasteiger partial charge in [0.2, 0.25) is 0 Å². The van der Waals surface area contributed by atoms with Crippen molar-refractivity contribution in [3.05, 3.63) is 24.0 Å². The van der Waals surface area contributed by atoms with Gasteiger partial charge in [-0.25, -0.2) is 0 Å². The monoisotopic (exact) mass is 280 g/mol. The molecule has 6 heteroatoms. The van der Waals surface area contributed by atoms with E-state index >= 15 is 0 Å². The number of anilines is 1. The summed E-state index contributed by atoms with van der Waals surface area (Å²) in [5.74, 6) is -0.196. The molecule has 110 valence electrons. The highest BCUT2D eigenvalue weighted by atomic mass is 16.5. The number of amides is 1. The summed E-state index contributed by atoms with van der Waals surface area (Å²) < 4.78 is 5.49. The van der Waals surface area contributed by atoms with E-state index in [1.807, 2.05) is 6.92 Å². The second kappa shape index (κ2) is 6.30. The predicted molar refractivity (Wildman–Crippen MR) is 73.1 cm³/mol. The number of hydrogen-bond donors (Lipinski definition) is 3. The van der Waals surface area contributed by atoms with Gasteiger partial charge in [0.25, 0.3) is 5.91 Å². The predicted octanol–water partition coefficient (Wildman–Crippen LogP) is 1.00. The molecule has 1 aromatic rings. The highest BCUT2D eigenvalue weighted by Crippen LogP contribution is 2.22. The van der Waals surface area contributed by atoms with Crippen LogP contribution in [0.3, 0.4) is 0 Å². The number of ether oxygens (including phenoxy) is 1. The van der Waals surface area contributed by atoms with Crippen molar-refractivity contribution in [3.63, 3.8) is 0 Å². The van der Waals surface area contributed by atoms with Gasteiger partial charge in [0.15, 0.2) is 0 Å². The Morgan fingerprint density at radius 2 is 2.25 bits per heavy atom. The Bertz CT molecular complexity index is 478. The average Bonchev–Trinajstić information content (AvgIpc) is 2.85. The maximum Gasteiger partial charge on any atom is 0.253 e. The van der Waals surface area contributed by atoms with Gasteiger partial charge in [-0.15, -0.1) is 0 Å². The van der Waals surface area contributed by atoms with Gasteiger partial charge in [0.05, 0.1) is 17.9 Å². The van der Waals surface area contributed by atoms with E-state index < -0.39 is 18.3 Å². The summed E-state index contributed by atoms with van der Waals surface area (Å²) in [7, 11) is 0. The smallest absolute Gasteiger partial charge is 0.253 e. The van der Waals surface area contributed by atoms with Crippen LogP contribution in [0.5, 0.6) is 0 Å². The van der Waals surface area contributed by atoms with Crippen molar-refractivity contribution in [3.8, 4) is 0 Å². The highest BCUT2D eigenvalue weighted by molar-refractivity contribution is 5.94. The minimum absolute atomic E-state index is 0.107. The minimum atomic E-state index is -1.07. The van der Waals surface area contributed by atoms with Gasteiger partial charge in [-0.2, -0.15) is 0 Å². The molecular formula is C14H20N2O4. The maximum atomic E-state index is 12.0.